The van der Waals surface area contributed by atoms with Crippen LogP contribution in [-0.2, 0) is 4.79 Å². The number of likely N-dealkylation sites (tertiary alicyclic amines) is 1. The highest BCUT2D eigenvalue weighted by Crippen LogP contribution is 2.17. The lowest BCUT2D eigenvalue weighted by Crippen LogP contribution is -2.51. The molecule has 0 unspecified atom stereocenters. The second-order valence-corrected chi connectivity index (χ2v) is 6.15. The van der Waals surface area contributed by atoms with Crippen molar-refractivity contribution < 1.29 is 9.59 Å². The second-order valence-electron chi connectivity index (χ2n) is 6.15. The monoisotopic (exact) mass is 296 g/mol. The van der Waals surface area contributed by atoms with Crippen molar-refractivity contribution in [3.8, 4) is 0 Å². The number of hydrogen-bond donors (Lipinski definition) is 3. The maximum Gasteiger partial charge on any atom is 0.315 e. The number of nitrogens with zero attached hydrogens (tertiary/aromatic N) is 1. The predicted octanol–water partition coefficient (Wildman–Crippen LogP) is 0.958. The molecule has 120 valence electrons. The molecule has 0 atom stereocenters. The Morgan fingerprint density at radius 1 is 0.952 bits per heavy atom. The van der Waals surface area contributed by atoms with Gasteiger partial charge in [0, 0.05) is 38.1 Å². The van der Waals surface area contributed by atoms with Gasteiger partial charge in [-0.2, -0.15) is 0 Å². The lowest BCUT2D eigenvalue weighted by molar-refractivity contribution is -0.132. The van der Waals surface area contributed by atoms with Gasteiger partial charge >= 0.3 is 6.03 Å². The first-order valence-electron chi connectivity index (χ1n) is 8.24. The fraction of sp³-hybridized carbons (Fsp3) is 0.867. The number of hydrogen-bond acceptors (Lipinski definition) is 3. The molecule has 2 rings (SSSR count). The van der Waals surface area contributed by atoms with E-state index in [1.165, 1.54) is 19.3 Å². The summed E-state index contributed by atoms with van der Waals surface area (Å²) in [5, 5.41) is 6.12. The Labute approximate surface area is 126 Å². The van der Waals surface area contributed by atoms with E-state index >= 15 is 0 Å². The minimum absolute atomic E-state index is 0.0476. The number of urea groups is 1. The van der Waals surface area contributed by atoms with Crippen LogP contribution in [0.5, 0.6) is 0 Å². The highest BCUT2D eigenvalue weighted by atomic mass is 16.2. The normalized spacial score (nSPS) is 21.1. The lowest BCUT2D eigenvalue weighted by atomic mass is 9.96. The predicted molar refractivity (Wildman–Crippen MR) is 81.8 cm³/mol. The van der Waals surface area contributed by atoms with Crippen LogP contribution in [0, 0.1) is 0 Å². The van der Waals surface area contributed by atoms with E-state index in [4.69, 9.17) is 5.73 Å². The highest BCUT2D eigenvalue weighted by molar-refractivity contribution is 5.77. The molecule has 1 saturated heterocycles. The molecule has 1 saturated carbocycles. The summed E-state index contributed by atoms with van der Waals surface area (Å²) < 4.78 is 0. The van der Waals surface area contributed by atoms with E-state index < -0.39 is 0 Å². The first-order valence-corrected chi connectivity index (χ1v) is 8.24. The Morgan fingerprint density at radius 2 is 1.52 bits per heavy atom. The molecule has 6 heteroatoms. The molecule has 1 heterocycles. The van der Waals surface area contributed by atoms with Crippen molar-refractivity contribution in [2.75, 3.05) is 19.6 Å². The van der Waals surface area contributed by atoms with E-state index in [0.29, 0.717) is 32.1 Å². The van der Waals surface area contributed by atoms with Crippen LogP contribution in [0.25, 0.3) is 0 Å². The van der Waals surface area contributed by atoms with E-state index in [1.807, 2.05) is 4.90 Å². The van der Waals surface area contributed by atoms with E-state index in [-0.39, 0.29) is 18.0 Å². The molecule has 0 radical (unpaired) electrons. The van der Waals surface area contributed by atoms with Crippen molar-refractivity contribution in [3.63, 3.8) is 0 Å². The van der Waals surface area contributed by atoms with Crippen LogP contribution in [0.2, 0.25) is 0 Å². The molecule has 2 fully saturated rings. The molecule has 6 nitrogen and oxygen atoms in total. The van der Waals surface area contributed by atoms with Crippen molar-refractivity contribution in [2.45, 2.75) is 63.5 Å². The number of amides is 3. The largest absolute Gasteiger partial charge is 0.343 e. The van der Waals surface area contributed by atoms with Gasteiger partial charge in [-0.15, -0.1) is 0 Å². The molecule has 4 N–H and O–H groups in total. The standard InChI is InChI=1S/C15H28N4O2/c16-9-6-14(20)19-10-7-13(8-11-19)18-15(21)17-12-4-2-1-3-5-12/h12-13H,1-11,16H2,(H2,17,18,21). The van der Waals surface area contributed by atoms with Crippen LogP contribution >= 0.6 is 0 Å². The molecule has 0 aromatic rings. The number of nitrogens with two attached hydrogens (primary N) is 1. The van der Waals surface area contributed by atoms with Crippen molar-refractivity contribution in [3.05, 3.63) is 0 Å². The summed E-state index contributed by atoms with van der Waals surface area (Å²) in [5.74, 6) is 0.127. The van der Waals surface area contributed by atoms with Crippen LogP contribution in [0.15, 0.2) is 0 Å². The fourth-order valence-electron chi connectivity index (χ4n) is 3.21. The number of carbonyl (C=O) groups is 2. The molecule has 2 aliphatic rings. The third-order valence-electron chi connectivity index (χ3n) is 4.48. The highest BCUT2D eigenvalue weighted by Gasteiger charge is 2.24. The van der Waals surface area contributed by atoms with Crippen LogP contribution < -0.4 is 16.4 Å². The summed E-state index contributed by atoms with van der Waals surface area (Å²) in [6.07, 6.45) is 7.98. The Morgan fingerprint density at radius 3 is 2.10 bits per heavy atom. The molecular weight excluding hydrogens is 268 g/mol. The summed E-state index contributed by atoms with van der Waals surface area (Å²) in [4.78, 5) is 25.6. The minimum Gasteiger partial charge on any atom is -0.343 e. The Bertz CT molecular complexity index is 348. The van der Waals surface area contributed by atoms with Crippen LogP contribution in [0.3, 0.4) is 0 Å². The number of rotatable bonds is 4. The van der Waals surface area contributed by atoms with Gasteiger partial charge in [-0.3, -0.25) is 4.79 Å². The van der Waals surface area contributed by atoms with E-state index in [9.17, 15) is 9.59 Å². The number of carbonyl (C=O) groups excluding carboxylic acids is 2. The first-order chi connectivity index (χ1) is 10.2. The molecule has 0 aromatic heterocycles. The first kappa shape index (κ1) is 16.1. The molecule has 0 aromatic carbocycles. The van der Waals surface area contributed by atoms with Crippen molar-refractivity contribution in [1.29, 1.82) is 0 Å². The Kier molecular flexibility index (Phi) is 6.29. The second kappa shape index (κ2) is 8.22. The average Bonchev–Trinajstić information content (AvgIpc) is 2.49. The van der Waals surface area contributed by atoms with Crippen molar-refractivity contribution in [1.82, 2.24) is 15.5 Å². The fourth-order valence-corrected chi connectivity index (χ4v) is 3.21. The van der Waals surface area contributed by atoms with Gasteiger partial charge in [0.1, 0.15) is 0 Å². The van der Waals surface area contributed by atoms with Crippen molar-refractivity contribution >= 4 is 11.9 Å². The topological polar surface area (TPSA) is 87.5 Å². The summed E-state index contributed by atoms with van der Waals surface area (Å²) in [7, 11) is 0. The summed E-state index contributed by atoms with van der Waals surface area (Å²) in [6.45, 7) is 1.83. The Hall–Kier alpha value is -1.30. The molecule has 0 spiro atoms. The van der Waals surface area contributed by atoms with E-state index in [0.717, 1.165) is 25.7 Å². The summed E-state index contributed by atoms with van der Waals surface area (Å²) >= 11 is 0. The zero-order valence-corrected chi connectivity index (χ0v) is 12.8. The third-order valence-corrected chi connectivity index (χ3v) is 4.48. The number of nitrogens with one attached hydrogen (secondary N) is 2. The van der Waals surface area contributed by atoms with Crippen LogP contribution in [0.4, 0.5) is 4.79 Å². The molecule has 1 aliphatic carbocycles. The van der Waals surface area contributed by atoms with Gasteiger partial charge in [0.2, 0.25) is 5.91 Å². The van der Waals surface area contributed by atoms with E-state index in [1.54, 1.807) is 0 Å². The van der Waals surface area contributed by atoms with Gasteiger partial charge in [0.25, 0.3) is 0 Å². The SMILES string of the molecule is NCCC(=O)N1CCC(NC(=O)NC2CCCCC2)CC1. The third kappa shape index (κ3) is 5.19. The van der Waals surface area contributed by atoms with Gasteiger partial charge in [-0.25, -0.2) is 4.79 Å². The zero-order valence-electron chi connectivity index (χ0n) is 12.8. The van der Waals surface area contributed by atoms with Gasteiger partial charge in [-0.05, 0) is 25.7 Å². The van der Waals surface area contributed by atoms with E-state index in [2.05, 4.69) is 10.6 Å². The molecule has 1 aliphatic heterocycles. The molecule has 3 amide bonds. The minimum atomic E-state index is -0.0476. The lowest BCUT2D eigenvalue weighted by Gasteiger charge is -2.33. The van der Waals surface area contributed by atoms with Gasteiger partial charge < -0.3 is 21.3 Å². The smallest absolute Gasteiger partial charge is 0.315 e. The average molecular weight is 296 g/mol. The maximum absolute atomic E-state index is 12.0. The van der Waals surface area contributed by atoms with Gasteiger partial charge in [0.15, 0.2) is 0 Å². The summed E-state index contributed by atoms with van der Waals surface area (Å²) in [6, 6.07) is 0.467. The Balaban J connectivity index is 1.65. The summed E-state index contributed by atoms with van der Waals surface area (Å²) in [5.41, 5.74) is 5.41. The molecule has 0 bridgehead atoms. The van der Waals surface area contributed by atoms with Gasteiger partial charge in [-0.1, -0.05) is 19.3 Å². The zero-order chi connectivity index (χ0) is 15.1. The van der Waals surface area contributed by atoms with Gasteiger partial charge in [0.05, 0.1) is 0 Å². The molecular formula is C15H28N4O2. The van der Waals surface area contributed by atoms with Crippen LogP contribution in [-0.4, -0.2) is 48.6 Å². The molecule has 21 heavy (non-hydrogen) atoms. The number of piperidine rings is 1. The quantitative estimate of drug-likeness (QED) is 0.722. The van der Waals surface area contributed by atoms with Crippen molar-refractivity contribution in [2.24, 2.45) is 5.73 Å². The maximum atomic E-state index is 12.0. The van der Waals surface area contributed by atoms with Crippen LogP contribution in [0.1, 0.15) is 51.4 Å².